The number of carbonyl (C=O) groups excluding carboxylic acids is 1. The van der Waals surface area contributed by atoms with Crippen molar-refractivity contribution in [2.24, 2.45) is 0 Å². The average Bonchev–Trinajstić information content (AvgIpc) is 2.67. The average molecular weight is 211 g/mol. The highest BCUT2D eigenvalue weighted by Gasteiger charge is 2.21. The first-order chi connectivity index (χ1) is 7.29. The van der Waals surface area contributed by atoms with E-state index < -0.39 is 0 Å². The largest absolute Gasteiger partial charge is 0.463 e. The number of esters is 1. The van der Waals surface area contributed by atoms with Crippen LogP contribution in [0.15, 0.2) is 11.3 Å². The SMILES string of the molecule is CCCCNC1=C(C(=O)OCC)CCC1. The molecule has 0 aliphatic heterocycles. The molecule has 0 aromatic carbocycles. The molecule has 0 saturated heterocycles. The van der Waals surface area contributed by atoms with Crippen molar-refractivity contribution in [3.8, 4) is 0 Å². The number of allylic oxidation sites excluding steroid dienone is 1. The van der Waals surface area contributed by atoms with Crippen LogP contribution in [0.25, 0.3) is 0 Å². The lowest BCUT2D eigenvalue weighted by Gasteiger charge is -2.09. The van der Waals surface area contributed by atoms with Crippen LogP contribution in [0.2, 0.25) is 0 Å². The highest BCUT2D eigenvalue weighted by Crippen LogP contribution is 2.24. The molecule has 86 valence electrons. The van der Waals surface area contributed by atoms with Gasteiger partial charge in [-0.05, 0) is 32.6 Å². The molecular weight excluding hydrogens is 190 g/mol. The number of nitrogens with one attached hydrogen (secondary N) is 1. The lowest BCUT2D eigenvalue weighted by atomic mass is 10.2. The van der Waals surface area contributed by atoms with Crippen molar-refractivity contribution >= 4 is 5.97 Å². The predicted octanol–water partition coefficient (Wildman–Crippen LogP) is 2.38. The lowest BCUT2D eigenvalue weighted by Crippen LogP contribution is -2.18. The molecule has 0 heterocycles. The summed E-state index contributed by atoms with van der Waals surface area (Å²) in [5.74, 6) is -0.131. The number of rotatable bonds is 6. The number of hydrogen-bond acceptors (Lipinski definition) is 3. The zero-order chi connectivity index (χ0) is 11.1. The minimum absolute atomic E-state index is 0.131. The maximum atomic E-state index is 11.6. The van der Waals surface area contributed by atoms with E-state index >= 15 is 0 Å². The third kappa shape index (κ3) is 3.57. The molecule has 3 heteroatoms. The van der Waals surface area contributed by atoms with Crippen LogP contribution in [0.5, 0.6) is 0 Å². The van der Waals surface area contributed by atoms with E-state index in [4.69, 9.17) is 4.74 Å². The minimum Gasteiger partial charge on any atom is -0.463 e. The third-order valence-corrected chi connectivity index (χ3v) is 2.61. The molecule has 3 nitrogen and oxygen atoms in total. The Kier molecular flexibility index (Phi) is 5.22. The highest BCUT2D eigenvalue weighted by molar-refractivity contribution is 5.89. The molecule has 0 unspecified atom stereocenters. The van der Waals surface area contributed by atoms with Gasteiger partial charge in [0.1, 0.15) is 0 Å². The lowest BCUT2D eigenvalue weighted by molar-refractivity contribution is -0.138. The zero-order valence-electron chi connectivity index (χ0n) is 9.77. The second kappa shape index (κ2) is 6.49. The van der Waals surface area contributed by atoms with E-state index in [0.717, 1.165) is 43.5 Å². The van der Waals surface area contributed by atoms with Crippen LogP contribution in [-0.2, 0) is 9.53 Å². The quantitative estimate of drug-likeness (QED) is 0.541. The molecule has 1 N–H and O–H groups in total. The van der Waals surface area contributed by atoms with Crippen LogP contribution >= 0.6 is 0 Å². The first-order valence-corrected chi connectivity index (χ1v) is 5.92. The van der Waals surface area contributed by atoms with Crippen molar-refractivity contribution < 1.29 is 9.53 Å². The van der Waals surface area contributed by atoms with Crippen molar-refractivity contribution in [1.29, 1.82) is 0 Å². The Balaban J connectivity index is 2.49. The van der Waals surface area contributed by atoms with Crippen LogP contribution in [0.3, 0.4) is 0 Å². The van der Waals surface area contributed by atoms with Gasteiger partial charge < -0.3 is 10.1 Å². The molecule has 0 radical (unpaired) electrons. The summed E-state index contributed by atoms with van der Waals surface area (Å²) in [6.45, 7) is 5.44. The summed E-state index contributed by atoms with van der Waals surface area (Å²) in [5.41, 5.74) is 1.98. The summed E-state index contributed by atoms with van der Waals surface area (Å²) < 4.78 is 5.03. The molecule has 0 amide bonds. The van der Waals surface area contributed by atoms with Gasteiger partial charge in [-0.1, -0.05) is 13.3 Å². The van der Waals surface area contributed by atoms with Gasteiger partial charge in [-0.25, -0.2) is 4.79 Å². The molecule has 0 fully saturated rings. The molecule has 0 bridgehead atoms. The number of carbonyl (C=O) groups is 1. The van der Waals surface area contributed by atoms with Crippen LogP contribution < -0.4 is 5.32 Å². The molecule has 1 rings (SSSR count). The maximum Gasteiger partial charge on any atom is 0.335 e. The Morgan fingerprint density at radius 3 is 2.87 bits per heavy atom. The first kappa shape index (κ1) is 12.1. The molecule has 0 atom stereocenters. The Morgan fingerprint density at radius 1 is 1.40 bits per heavy atom. The van der Waals surface area contributed by atoms with E-state index in [1.54, 1.807) is 0 Å². The number of ether oxygens (including phenoxy) is 1. The van der Waals surface area contributed by atoms with E-state index in [2.05, 4.69) is 12.2 Å². The number of hydrogen-bond donors (Lipinski definition) is 1. The number of unbranched alkanes of at least 4 members (excludes halogenated alkanes) is 1. The standard InChI is InChI=1S/C12H21NO2/c1-3-5-9-13-11-8-6-7-10(11)12(14)15-4-2/h13H,3-9H2,1-2H3. The summed E-state index contributed by atoms with van der Waals surface area (Å²) in [5, 5.41) is 3.35. The van der Waals surface area contributed by atoms with Gasteiger partial charge in [-0.2, -0.15) is 0 Å². The van der Waals surface area contributed by atoms with Gasteiger partial charge in [-0.15, -0.1) is 0 Å². The normalized spacial score (nSPS) is 15.6. The zero-order valence-corrected chi connectivity index (χ0v) is 9.77. The topological polar surface area (TPSA) is 38.3 Å². The van der Waals surface area contributed by atoms with Crippen molar-refractivity contribution in [3.05, 3.63) is 11.3 Å². The Bertz CT molecular complexity index is 246. The van der Waals surface area contributed by atoms with E-state index in [1.165, 1.54) is 6.42 Å². The van der Waals surface area contributed by atoms with Gasteiger partial charge in [0.15, 0.2) is 0 Å². The monoisotopic (exact) mass is 211 g/mol. The third-order valence-electron chi connectivity index (χ3n) is 2.61. The van der Waals surface area contributed by atoms with Crippen LogP contribution in [0.1, 0.15) is 46.0 Å². The van der Waals surface area contributed by atoms with Crippen LogP contribution in [-0.4, -0.2) is 19.1 Å². The highest BCUT2D eigenvalue weighted by atomic mass is 16.5. The van der Waals surface area contributed by atoms with E-state index in [1.807, 2.05) is 6.92 Å². The van der Waals surface area contributed by atoms with Gasteiger partial charge in [0.2, 0.25) is 0 Å². The molecule has 0 aromatic rings. The van der Waals surface area contributed by atoms with E-state index in [9.17, 15) is 4.79 Å². The van der Waals surface area contributed by atoms with Crippen molar-refractivity contribution in [2.75, 3.05) is 13.2 Å². The molecule has 0 spiro atoms. The van der Waals surface area contributed by atoms with Crippen LogP contribution in [0, 0.1) is 0 Å². The van der Waals surface area contributed by atoms with Gasteiger partial charge in [-0.3, -0.25) is 0 Å². The second-order valence-corrected chi connectivity index (χ2v) is 3.81. The fourth-order valence-electron chi connectivity index (χ4n) is 1.80. The summed E-state index contributed by atoms with van der Waals surface area (Å²) in [6.07, 6.45) is 5.27. The van der Waals surface area contributed by atoms with Gasteiger partial charge >= 0.3 is 5.97 Å². The summed E-state index contributed by atoms with van der Waals surface area (Å²) in [4.78, 5) is 11.6. The molecule has 0 aromatic heterocycles. The van der Waals surface area contributed by atoms with Crippen molar-refractivity contribution in [3.63, 3.8) is 0 Å². The maximum absolute atomic E-state index is 11.6. The first-order valence-electron chi connectivity index (χ1n) is 5.92. The minimum atomic E-state index is -0.131. The summed E-state index contributed by atoms with van der Waals surface area (Å²) in [6, 6.07) is 0. The molecule has 0 saturated carbocycles. The summed E-state index contributed by atoms with van der Waals surface area (Å²) in [7, 11) is 0. The fraction of sp³-hybridized carbons (Fsp3) is 0.750. The van der Waals surface area contributed by atoms with E-state index in [-0.39, 0.29) is 5.97 Å². The Hall–Kier alpha value is -0.990. The van der Waals surface area contributed by atoms with Crippen molar-refractivity contribution in [1.82, 2.24) is 5.32 Å². The molecule has 15 heavy (non-hydrogen) atoms. The Labute approximate surface area is 91.9 Å². The molecule has 1 aliphatic carbocycles. The van der Waals surface area contributed by atoms with Gasteiger partial charge in [0, 0.05) is 12.2 Å². The van der Waals surface area contributed by atoms with Crippen molar-refractivity contribution in [2.45, 2.75) is 46.0 Å². The smallest absolute Gasteiger partial charge is 0.335 e. The molecule has 1 aliphatic rings. The van der Waals surface area contributed by atoms with Gasteiger partial charge in [0.25, 0.3) is 0 Å². The molecular formula is C12H21NO2. The second-order valence-electron chi connectivity index (χ2n) is 3.81. The summed E-state index contributed by atoms with van der Waals surface area (Å²) >= 11 is 0. The van der Waals surface area contributed by atoms with E-state index in [0.29, 0.717) is 6.61 Å². The fourth-order valence-corrected chi connectivity index (χ4v) is 1.80. The Morgan fingerprint density at radius 2 is 2.20 bits per heavy atom. The predicted molar refractivity (Wildman–Crippen MR) is 60.4 cm³/mol. The van der Waals surface area contributed by atoms with Crippen LogP contribution in [0.4, 0.5) is 0 Å². The van der Waals surface area contributed by atoms with Gasteiger partial charge in [0.05, 0.1) is 12.2 Å².